The van der Waals surface area contributed by atoms with Crippen LogP contribution < -0.4 is 10.3 Å². The van der Waals surface area contributed by atoms with Crippen molar-refractivity contribution in [1.82, 2.24) is 10.3 Å². The minimum absolute atomic E-state index is 0.0278. The van der Waals surface area contributed by atoms with Gasteiger partial charge in [0.15, 0.2) is 5.76 Å². The molecular weight excluding hydrogens is 276 g/mol. The van der Waals surface area contributed by atoms with Crippen LogP contribution in [-0.4, -0.2) is 14.3 Å². The van der Waals surface area contributed by atoms with Gasteiger partial charge in [0.1, 0.15) is 4.21 Å². The fraction of sp³-hybridized carbons (Fsp3) is 0.100. The molecule has 0 fully saturated rings. The predicted molar refractivity (Wildman–Crippen MR) is 65.6 cm³/mol. The molecule has 0 spiro atoms. The van der Waals surface area contributed by atoms with Crippen LogP contribution in [0.5, 0.6) is 0 Å². The molecule has 2 rings (SSSR count). The Bertz CT molecular complexity index is 643. The van der Waals surface area contributed by atoms with Gasteiger partial charge in [-0.05, 0) is 31.2 Å². The van der Waals surface area contributed by atoms with Crippen molar-refractivity contribution >= 4 is 27.3 Å². The molecule has 2 aromatic heterocycles. The zero-order valence-electron chi connectivity index (χ0n) is 9.34. The topological polar surface area (TPSA) is 88.4 Å². The van der Waals surface area contributed by atoms with Crippen molar-refractivity contribution in [3.05, 3.63) is 41.2 Å². The van der Waals surface area contributed by atoms with Crippen LogP contribution in [0, 0.1) is 6.92 Å². The van der Waals surface area contributed by atoms with E-state index in [0.717, 1.165) is 16.2 Å². The number of nitrogens with one attached hydrogen (secondary N) is 2. The van der Waals surface area contributed by atoms with Gasteiger partial charge in [-0.25, -0.2) is 8.42 Å². The molecule has 8 heteroatoms. The normalized spacial score (nSPS) is 11.4. The van der Waals surface area contributed by atoms with Crippen molar-refractivity contribution in [3.8, 4) is 0 Å². The maximum atomic E-state index is 11.8. The summed E-state index contributed by atoms with van der Waals surface area (Å²) in [5.41, 5.74) is 2.07. The van der Waals surface area contributed by atoms with Gasteiger partial charge in [0, 0.05) is 4.88 Å². The van der Waals surface area contributed by atoms with E-state index in [0.29, 0.717) is 0 Å². The second-order valence-corrected chi connectivity index (χ2v) is 6.60. The van der Waals surface area contributed by atoms with Crippen molar-refractivity contribution in [1.29, 1.82) is 0 Å². The van der Waals surface area contributed by atoms with Crippen molar-refractivity contribution < 1.29 is 17.6 Å². The van der Waals surface area contributed by atoms with Crippen LogP contribution in [-0.2, 0) is 10.0 Å². The first-order chi connectivity index (χ1) is 8.49. The molecule has 2 N–H and O–H groups in total. The van der Waals surface area contributed by atoms with Crippen molar-refractivity contribution in [2.75, 3.05) is 0 Å². The maximum Gasteiger partial charge on any atom is 0.301 e. The van der Waals surface area contributed by atoms with Gasteiger partial charge in [0.25, 0.3) is 10.0 Å². The summed E-state index contributed by atoms with van der Waals surface area (Å²) in [4.78, 5) is 14.3. The van der Waals surface area contributed by atoms with Gasteiger partial charge in [0.2, 0.25) is 0 Å². The number of aryl methyl sites for hydroxylation is 1. The molecule has 6 nitrogen and oxygen atoms in total. The molecule has 0 radical (unpaired) electrons. The first-order valence-corrected chi connectivity index (χ1v) is 7.21. The molecule has 0 aromatic carbocycles. The van der Waals surface area contributed by atoms with E-state index in [1.165, 1.54) is 24.5 Å². The third-order valence-corrected chi connectivity index (χ3v) is 4.76. The van der Waals surface area contributed by atoms with Crippen LogP contribution in [0.2, 0.25) is 0 Å². The van der Waals surface area contributed by atoms with Gasteiger partial charge in [-0.15, -0.1) is 16.2 Å². The lowest BCUT2D eigenvalue weighted by Gasteiger charge is -2.04. The van der Waals surface area contributed by atoms with Gasteiger partial charge in [-0.1, -0.05) is 0 Å². The van der Waals surface area contributed by atoms with E-state index < -0.39 is 15.9 Å². The molecule has 0 aliphatic rings. The molecule has 96 valence electrons. The lowest BCUT2D eigenvalue weighted by molar-refractivity contribution is 0.0917. The quantitative estimate of drug-likeness (QED) is 0.828. The first kappa shape index (κ1) is 12.8. The van der Waals surface area contributed by atoms with E-state index >= 15 is 0 Å². The number of carbonyl (C=O) groups excluding carboxylic acids is 1. The van der Waals surface area contributed by atoms with Crippen LogP contribution in [0.25, 0.3) is 0 Å². The summed E-state index contributed by atoms with van der Waals surface area (Å²) in [6, 6.07) is 6.12. The zero-order valence-corrected chi connectivity index (χ0v) is 11.0. The average Bonchev–Trinajstić information content (AvgIpc) is 2.96. The van der Waals surface area contributed by atoms with Gasteiger partial charge >= 0.3 is 5.91 Å². The Balaban J connectivity index is 2.04. The molecule has 2 aromatic rings. The van der Waals surface area contributed by atoms with E-state index in [1.807, 2.05) is 4.83 Å². The van der Waals surface area contributed by atoms with Crippen molar-refractivity contribution in [2.45, 2.75) is 11.1 Å². The van der Waals surface area contributed by atoms with Gasteiger partial charge < -0.3 is 4.42 Å². The first-order valence-electron chi connectivity index (χ1n) is 4.91. The minimum atomic E-state index is -3.73. The lowest BCUT2D eigenvalue weighted by Crippen LogP contribution is -2.41. The summed E-state index contributed by atoms with van der Waals surface area (Å²) in [5.74, 6) is -0.628. The van der Waals surface area contributed by atoms with E-state index in [9.17, 15) is 13.2 Å². The molecule has 18 heavy (non-hydrogen) atoms. The highest BCUT2D eigenvalue weighted by Crippen LogP contribution is 2.19. The predicted octanol–water partition coefficient (Wildman–Crippen LogP) is 1.27. The third kappa shape index (κ3) is 2.78. The van der Waals surface area contributed by atoms with Gasteiger partial charge in [-0.3, -0.25) is 10.2 Å². The molecule has 1 amide bonds. The molecule has 0 unspecified atom stereocenters. The number of hydrogen-bond acceptors (Lipinski definition) is 5. The van der Waals surface area contributed by atoms with Crippen molar-refractivity contribution in [3.63, 3.8) is 0 Å². The van der Waals surface area contributed by atoms with E-state index in [-0.39, 0.29) is 9.97 Å². The standard InChI is InChI=1S/C10H10N2O4S2/c1-7-4-5-9(17-7)18(14,15)12-11-10(13)8-3-2-6-16-8/h2-6,12H,1H3,(H,11,13). The number of thiophene rings is 1. The van der Waals surface area contributed by atoms with E-state index in [1.54, 1.807) is 13.0 Å². The molecule has 0 bridgehead atoms. The Labute approximate surface area is 108 Å². The Hall–Kier alpha value is -1.64. The zero-order chi connectivity index (χ0) is 13.2. The number of rotatable bonds is 4. The minimum Gasteiger partial charge on any atom is -0.459 e. The largest absolute Gasteiger partial charge is 0.459 e. The molecule has 2 heterocycles. The molecule has 0 aliphatic carbocycles. The van der Waals surface area contributed by atoms with Crippen LogP contribution in [0.1, 0.15) is 15.4 Å². The number of amides is 1. The fourth-order valence-corrected chi connectivity index (χ4v) is 3.31. The molecule has 0 aliphatic heterocycles. The Morgan fingerprint density at radius 2 is 2.11 bits per heavy atom. The van der Waals surface area contributed by atoms with Crippen LogP contribution >= 0.6 is 11.3 Å². The lowest BCUT2D eigenvalue weighted by atomic mass is 10.4. The maximum absolute atomic E-state index is 11.8. The van der Waals surface area contributed by atoms with Crippen LogP contribution in [0.15, 0.2) is 39.2 Å². The smallest absolute Gasteiger partial charge is 0.301 e. The average molecular weight is 286 g/mol. The highest BCUT2D eigenvalue weighted by Gasteiger charge is 2.18. The Morgan fingerprint density at radius 1 is 1.33 bits per heavy atom. The molecule has 0 atom stereocenters. The SMILES string of the molecule is Cc1ccc(S(=O)(=O)NNC(=O)c2ccco2)s1. The van der Waals surface area contributed by atoms with Crippen LogP contribution in [0.3, 0.4) is 0 Å². The summed E-state index contributed by atoms with van der Waals surface area (Å²) in [6.45, 7) is 1.80. The number of carbonyl (C=O) groups is 1. The highest BCUT2D eigenvalue weighted by atomic mass is 32.2. The molecule has 0 saturated heterocycles. The third-order valence-electron chi connectivity index (χ3n) is 2.02. The second-order valence-electron chi connectivity index (χ2n) is 3.40. The number of sulfonamides is 1. The van der Waals surface area contributed by atoms with Crippen LogP contribution in [0.4, 0.5) is 0 Å². The number of hydrazine groups is 1. The molecule has 0 saturated carbocycles. The fourth-order valence-electron chi connectivity index (χ4n) is 1.19. The number of hydrogen-bond donors (Lipinski definition) is 2. The summed E-state index contributed by atoms with van der Waals surface area (Å²) < 4.78 is 28.5. The Kier molecular flexibility index (Phi) is 3.50. The van der Waals surface area contributed by atoms with Gasteiger partial charge in [0.05, 0.1) is 6.26 Å². The summed E-state index contributed by atoms with van der Waals surface area (Å²) >= 11 is 1.12. The second kappa shape index (κ2) is 4.92. The highest BCUT2D eigenvalue weighted by molar-refractivity contribution is 7.91. The Morgan fingerprint density at radius 3 is 2.67 bits per heavy atom. The van der Waals surface area contributed by atoms with E-state index in [4.69, 9.17) is 4.42 Å². The number of furan rings is 1. The monoisotopic (exact) mass is 286 g/mol. The van der Waals surface area contributed by atoms with Crippen molar-refractivity contribution in [2.24, 2.45) is 0 Å². The van der Waals surface area contributed by atoms with E-state index in [2.05, 4.69) is 5.43 Å². The summed E-state index contributed by atoms with van der Waals surface area (Å²) in [7, 11) is -3.73. The summed E-state index contributed by atoms with van der Waals surface area (Å²) in [5, 5.41) is 0. The summed E-state index contributed by atoms with van der Waals surface area (Å²) in [6.07, 6.45) is 1.33. The van der Waals surface area contributed by atoms with Gasteiger partial charge in [-0.2, -0.15) is 0 Å². The molecular formula is C10H10N2O4S2.